The van der Waals surface area contributed by atoms with Crippen molar-refractivity contribution in [1.82, 2.24) is 20.9 Å². The molecule has 0 aromatic rings. The molecule has 2 aliphatic heterocycles. The average molecular weight is 378 g/mol. The van der Waals surface area contributed by atoms with Crippen molar-refractivity contribution >= 4 is 17.9 Å². The Morgan fingerprint density at radius 1 is 1.19 bits per heavy atom. The van der Waals surface area contributed by atoms with E-state index in [0.717, 1.165) is 50.9 Å². The number of carbonyl (C=O) groups excluding carboxylic acids is 2. The zero-order valence-corrected chi connectivity index (χ0v) is 17.0. The number of hydrogen-bond donors (Lipinski definition) is 3. The van der Waals surface area contributed by atoms with Gasteiger partial charge in [0, 0.05) is 26.2 Å². The summed E-state index contributed by atoms with van der Waals surface area (Å²) in [6.07, 6.45) is 6.98. The van der Waals surface area contributed by atoms with Crippen molar-refractivity contribution in [3.05, 3.63) is 0 Å². The van der Waals surface area contributed by atoms with Crippen molar-refractivity contribution in [2.24, 2.45) is 22.7 Å². The minimum Gasteiger partial charge on any atom is -0.357 e. The first-order valence-electron chi connectivity index (χ1n) is 10.6. The maximum Gasteiger partial charge on any atom is 0.322 e. The summed E-state index contributed by atoms with van der Waals surface area (Å²) < 4.78 is 0. The average Bonchev–Trinajstić information content (AvgIpc) is 2.93. The topological polar surface area (TPSA) is 85.8 Å². The Labute approximate surface area is 162 Å². The van der Waals surface area contributed by atoms with Crippen LogP contribution in [0, 0.1) is 17.8 Å². The molecule has 1 unspecified atom stereocenters. The lowest BCUT2D eigenvalue weighted by molar-refractivity contribution is -0.125. The van der Waals surface area contributed by atoms with Gasteiger partial charge in [-0.3, -0.25) is 15.1 Å². The van der Waals surface area contributed by atoms with Crippen LogP contribution in [0.1, 0.15) is 59.3 Å². The molecule has 7 nitrogen and oxygen atoms in total. The number of piperidine rings is 1. The van der Waals surface area contributed by atoms with Crippen molar-refractivity contribution in [1.29, 1.82) is 0 Å². The van der Waals surface area contributed by atoms with E-state index in [1.807, 2.05) is 6.92 Å². The van der Waals surface area contributed by atoms with E-state index in [4.69, 9.17) is 4.99 Å². The van der Waals surface area contributed by atoms with Gasteiger partial charge in [-0.1, -0.05) is 19.8 Å². The molecular weight excluding hydrogens is 342 g/mol. The Kier molecular flexibility index (Phi) is 6.27. The third-order valence-electron chi connectivity index (χ3n) is 6.65. The lowest BCUT2D eigenvalue weighted by Gasteiger charge is -2.39. The van der Waals surface area contributed by atoms with Crippen LogP contribution in [0.2, 0.25) is 0 Å². The second kappa shape index (κ2) is 8.48. The molecule has 3 aliphatic rings. The molecule has 0 spiro atoms. The van der Waals surface area contributed by atoms with Crippen LogP contribution in [0.15, 0.2) is 4.99 Å². The van der Waals surface area contributed by atoms with Gasteiger partial charge in [0.25, 0.3) is 5.91 Å². The van der Waals surface area contributed by atoms with Gasteiger partial charge in [0.2, 0.25) is 0 Å². The second-order valence-corrected chi connectivity index (χ2v) is 8.69. The number of imide groups is 1. The van der Waals surface area contributed by atoms with Crippen molar-refractivity contribution in [2.45, 2.75) is 64.8 Å². The van der Waals surface area contributed by atoms with Crippen LogP contribution in [0.25, 0.3) is 0 Å². The number of hydrogen-bond acceptors (Lipinski definition) is 3. The van der Waals surface area contributed by atoms with E-state index >= 15 is 0 Å². The van der Waals surface area contributed by atoms with Crippen LogP contribution >= 0.6 is 0 Å². The molecule has 27 heavy (non-hydrogen) atoms. The van der Waals surface area contributed by atoms with Gasteiger partial charge < -0.3 is 15.5 Å². The number of rotatable bonds is 4. The van der Waals surface area contributed by atoms with Gasteiger partial charge in [0.05, 0.1) is 0 Å². The lowest BCUT2D eigenvalue weighted by Crippen LogP contribution is -2.55. The quantitative estimate of drug-likeness (QED) is 0.398. The van der Waals surface area contributed by atoms with Crippen LogP contribution in [0.3, 0.4) is 0 Å². The first-order chi connectivity index (χ1) is 12.9. The summed E-state index contributed by atoms with van der Waals surface area (Å²) in [6.45, 7) is 9.78. The number of likely N-dealkylation sites (tertiary alicyclic amines) is 1. The Bertz CT molecular complexity index is 577. The highest BCUT2D eigenvalue weighted by Crippen LogP contribution is 2.31. The van der Waals surface area contributed by atoms with Gasteiger partial charge in [-0.2, -0.15) is 0 Å². The first-order valence-corrected chi connectivity index (χ1v) is 10.6. The summed E-state index contributed by atoms with van der Waals surface area (Å²) in [7, 11) is 0. The molecule has 0 radical (unpaired) electrons. The van der Waals surface area contributed by atoms with E-state index in [9.17, 15) is 9.59 Å². The van der Waals surface area contributed by atoms with Crippen LogP contribution in [0.4, 0.5) is 4.79 Å². The largest absolute Gasteiger partial charge is 0.357 e. The number of carbonyl (C=O) groups is 2. The van der Waals surface area contributed by atoms with Crippen LogP contribution in [-0.2, 0) is 4.79 Å². The SMILES string of the molecule is CCNC(=NCC1CCC(C)CC1)N1CCC(C2(C)NC(=O)NC2=O)CC1. The molecule has 7 heteroatoms. The number of aliphatic imine (C=N–C) groups is 1. The van der Waals surface area contributed by atoms with Gasteiger partial charge in [0.1, 0.15) is 5.54 Å². The van der Waals surface area contributed by atoms with Crippen LogP contribution in [0.5, 0.6) is 0 Å². The molecule has 3 fully saturated rings. The number of nitrogens with zero attached hydrogens (tertiary/aromatic N) is 2. The van der Waals surface area contributed by atoms with E-state index in [-0.39, 0.29) is 17.9 Å². The number of amides is 3. The molecule has 1 aliphatic carbocycles. The van der Waals surface area contributed by atoms with E-state index in [2.05, 4.69) is 34.7 Å². The summed E-state index contributed by atoms with van der Waals surface area (Å²) in [6, 6.07) is -0.373. The van der Waals surface area contributed by atoms with E-state index in [1.165, 1.54) is 25.7 Å². The van der Waals surface area contributed by atoms with Gasteiger partial charge in [0.15, 0.2) is 5.96 Å². The summed E-state index contributed by atoms with van der Waals surface area (Å²) >= 11 is 0. The third-order valence-corrected chi connectivity index (χ3v) is 6.65. The molecule has 3 N–H and O–H groups in total. The predicted molar refractivity (Wildman–Crippen MR) is 106 cm³/mol. The smallest absolute Gasteiger partial charge is 0.322 e. The molecule has 0 bridgehead atoms. The molecule has 1 atom stereocenters. The normalized spacial score (nSPS) is 33.0. The molecule has 0 aromatic heterocycles. The lowest BCUT2D eigenvalue weighted by atomic mass is 9.79. The highest BCUT2D eigenvalue weighted by Gasteiger charge is 2.48. The zero-order chi connectivity index (χ0) is 19.4. The van der Waals surface area contributed by atoms with Crippen LogP contribution in [-0.4, -0.2) is 54.5 Å². The zero-order valence-electron chi connectivity index (χ0n) is 17.0. The minimum atomic E-state index is -0.780. The second-order valence-electron chi connectivity index (χ2n) is 8.69. The Hall–Kier alpha value is -1.79. The van der Waals surface area contributed by atoms with E-state index in [0.29, 0.717) is 5.92 Å². The summed E-state index contributed by atoms with van der Waals surface area (Å²) in [5.41, 5.74) is -0.780. The number of guanidine groups is 1. The number of nitrogens with one attached hydrogen (secondary N) is 3. The molecule has 0 aromatic carbocycles. The molecule has 1 saturated carbocycles. The van der Waals surface area contributed by atoms with Crippen molar-refractivity contribution in [3.8, 4) is 0 Å². The highest BCUT2D eigenvalue weighted by atomic mass is 16.2. The fourth-order valence-corrected chi connectivity index (χ4v) is 4.67. The first kappa shape index (κ1) is 20.0. The maximum absolute atomic E-state index is 12.2. The summed E-state index contributed by atoms with van der Waals surface area (Å²) in [4.78, 5) is 31.0. The fourth-order valence-electron chi connectivity index (χ4n) is 4.67. The summed E-state index contributed by atoms with van der Waals surface area (Å²) in [5.74, 6) is 2.54. The fraction of sp³-hybridized carbons (Fsp3) is 0.850. The number of urea groups is 1. The monoisotopic (exact) mass is 377 g/mol. The van der Waals surface area contributed by atoms with Crippen molar-refractivity contribution in [3.63, 3.8) is 0 Å². The molecule has 2 saturated heterocycles. The Morgan fingerprint density at radius 2 is 1.85 bits per heavy atom. The highest BCUT2D eigenvalue weighted by molar-refractivity contribution is 6.07. The predicted octanol–water partition coefficient (Wildman–Crippen LogP) is 2.09. The summed E-state index contributed by atoms with van der Waals surface area (Å²) in [5, 5.41) is 8.64. The molecular formula is C20H35N5O2. The van der Waals surface area contributed by atoms with E-state index < -0.39 is 5.54 Å². The Balaban J connectivity index is 1.56. The molecule has 2 heterocycles. The van der Waals surface area contributed by atoms with Gasteiger partial charge in [-0.15, -0.1) is 0 Å². The Morgan fingerprint density at radius 3 is 2.41 bits per heavy atom. The minimum absolute atomic E-state index is 0.155. The van der Waals surface area contributed by atoms with Crippen molar-refractivity contribution < 1.29 is 9.59 Å². The molecule has 3 rings (SSSR count). The van der Waals surface area contributed by atoms with Crippen molar-refractivity contribution in [2.75, 3.05) is 26.2 Å². The van der Waals surface area contributed by atoms with Crippen LogP contribution < -0.4 is 16.0 Å². The standard InChI is InChI=1S/C20H35N5O2/c1-4-21-18(22-13-15-7-5-14(2)6-8-15)25-11-9-16(10-12-25)20(3)17(26)23-19(27)24-20/h14-16H,4-13H2,1-3H3,(H,21,22)(H2,23,24,26,27). The third kappa shape index (κ3) is 4.55. The molecule has 3 amide bonds. The maximum atomic E-state index is 12.2. The molecule has 152 valence electrons. The van der Waals surface area contributed by atoms with Gasteiger partial charge >= 0.3 is 6.03 Å². The van der Waals surface area contributed by atoms with Gasteiger partial charge in [-0.05, 0) is 57.3 Å². The van der Waals surface area contributed by atoms with E-state index in [1.54, 1.807) is 0 Å². The van der Waals surface area contributed by atoms with Gasteiger partial charge in [-0.25, -0.2) is 4.79 Å².